The molecule has 1 fully saturated rings. The molecule has 15 heteroatoms. The maximum absolute atomic E-state index is 12.5. The average molecular weight is 459 g/mol. The number of carbonyl (C=O) groups excluding carboxylic acids is 2. The third kappa shape index (κ3) is 4.09. The highest BCUT2D eigenvalue weighted by Crippen LogP contribution is 2.41. The summed E-state index contributed by atoms with van der Waals surface area (Å²) >= 11 is 2.49. The van der Waals surface area contributed by atoms with Gasteiger partial charge in [-0.2, -0.15) is 15.6 Å². The molecule has 12 nitrogen and oxygen atoms in total. The van der Waals surface area contributed by atoms with Gasteiger partial charge in [-0.1, -0.05) is 11.8 Å². The van der Waals surface area contributed by atoms with Gasteiger partial charge in [0.25, 0.3) is 11.8 Å². The molecule has 2 aliphatic heterocycles. The monoisotopic (exact) mass is 458 g/mol. The number of nitriles is 1. The lowest BCUT2D eigenvalue weighted by molar-refractivity contribution is -0.150. The number of nitrogens with one attached hydrogen (secondary N) is 2. The first-order valence-corrected chi connectivity index (χ1v) is 11.9. The van der Waals surface area contributed by atoms with E-state index in [1.807, 2.05) is 0 Å². The zero-order valence-corrected chi connectivity index (χ0v) is 17.2. The van der Waals surface area contributed by atoms with Gasteiger partial charge in [0.15, 0.2) is 9.84 Å². The number of carbonyl (C=O) groups is 3. The predicted octanol–water partition coefficient (Wildman–Crippen LogP) is -1.43. The Labute approximate surface area is 173 Å². The first-order chi connectivity index (χ1) is 13.6. The van der Waals surface area contributed by atoms with Crippen molar-refractivity contribution >= 4 is 51.1 Å². The van der Waals surface area contributed by atoms with Crippen molar-refractivity contribution in [2.24, 2.45) is 0 Å². The molecule has 154 valence electrons. The van der Waals surface area contributed by atoms with E-state index < -0.39 is 44.3 Å². The average Bonchev–Trinajstić information content (AvgIpc) is 3.16. The molecule has 2 amide bonds. The SMILES string of the molecule is CS(=O)(=O)C(C#N)C(=O)NC1C(=O)N2C(C(=O)O)=C(CSc3cn[nH]n3)CS[C@@H]12. The second-order valence-electron chi connectivity index (χ2n) is 6.09. The largest absolute Gasteiger partial charge is 0.477 e. The van der Waals surface area contributed by atoms with Crippen LogP contribution in [0.5, 0.6) is 0 Å². The van der Waals surface area contributed by atoms with Crippen molar-refractivity contribution in [1.82, 2.24) is 25.6 Å². The van der Waals surface area contributed by atoms with E-state index in [-0.39, 0.29) is 11.4 Å². The molecule has 2 aliphatic rings. The molecule has 0 saturated carbocycles. The molecule has 29 heavy (non-hydrogen) atoms. The maximum atomic E-state index is 12.5. The number of aromatic nitrogens is 3. The molecule has 0 aliphatic carbocycles. The fourth-order valence-electron chi connectivity index (χ4n) is 2.79. The van der Waals surface area contributed by atoms with E-state index in [9.17, 15) is 27.9 Å². The summed E-state index contributed by atoms with van der Waals surface area (Å²) in [4.78, 5) is 37.5. The van der Waals surface area contributed by atoms with Gasteiger partial charge in [-0.25, -0.2) is 13.2 Å². The third-order valence-electron chi connectivity index (χ3n) is 4.12. The van der Waals surface area contributed by atoms with Crippen LogP contribution < -0.4 is 5.32 Å². The Morgan fingerprint density at radius 2 is 2.31 bits per heavy atom. The van der Waals surface area contributed by atoms with E-state index in [4.69, 9.17) is 5.26 Å². The summed E-state index contributed by atoms with van der Waals surface area (Å²) in [7, 11) is -3.98. The highest BCUT2D eigenvalue weighted by Gasteiger charge is 2.54. The summed E-state index contributed by atoms with van der Waals surface area (Å²) in [6.07, 6.45) is 2.23. The van der Waals surface area contributed by atoms with Gasteiger partial charge in [0.05, 0.1) is 12.3 Å². The number of aromatic amines is 1. The van der Waals surface area contributed by atoms with E-state index >= 15 is 0 Å². The Morgan fingerprint density at radius 3 is 2.86 bits per heavy atom. The van der Waals surface area contributed by atoms with Crippen LogP contribution in [-0.4, -0.2) is 86.0 Å². The van der Waals surface area contributed by atoms with Gasteiger partial charge in [-0.15, -0.1) is 16.9 Å². The summed E-state index contributed by atoms with van der Waals surface area (Å²) in [5, 5.41) is 28.7. The van der Waals surface area contributed by atoms with Crippen LogP contribution in [0.1, 0.15) is 0 Å². The molecule has 0 bridgehead atoms. The third-order valence-corrected chi connectivity index (χ3v) is 7.62. The number of β-lactam (4-membered cyclic amide) rings is 1. The molecule has 3 atom stereocenters. The van der Waals surface area contributed by atoms with Gasteiger partial charge in [0.1, 0.15) is 22.1 Å². The molecule has 0 radical (unpaired) electrons. The highest BCUT2D eigenvalue weighted by molar-refractivity contribution is 8.01. The van der Waals surface area contributed by atoms with Crippen LogP contribution in [0.25, 0.3) is 0 Å². The number of nitrogens with zero attached hydrogens (tertiary/aromatic N) is 4. The van der Waals surface area contributed by atoms with Gasteiger partial charge < -0.3 is 10.4 Å². The van der Waals surface area contributed by atoms with E-state index in [2.05, 4.69) is 20.7 Å². The van der Waals surface area contributed by atoms with Crippen molar-refractivity contribution in [3.8, 4) is 6.07 Å². The van der Waals surface area contributed by atoms with Crippen molar-refractivity contribution in [1.29, 1.82) is 5.26 Å². The molecule has 0 aromatic carbocycles. The van der Waals surface area contributed by atoms with Crippen LogP contribution in [0.2, 0.25) is 0 Å². The van der Waals surface area contributed by atoms with Crippen LogP contribution in [0.4, 0.5) is 0 Å². The smallest absolute Gasteiger partial charge is 0.352 e. The van der Waals surface area contributed by atoms with E-state index in [0.717, 1.165) is 11.2 Å². The number of hydrogen-bond acceptors (Lipinski definition) is 10. The molecular weight excluding hydrogens is 444 g/mol. The summed E-state index contributed by atoms with van der Waals surface area (Å²) in [5.74, 6) is -2.50. The Balaban J connectivity index is 1.75. The van der Waals surface area contributed by atoms with Crippen molar-refractivity contribution in [2.75, 3.05) is 17.8 Å². The number of hydrogen-bond donors (Lipinski definition) is 3. The van der Waals surface area contributed by atoms with Crippen molar-refractivity contribution in [3.05, 3.63) is 17.5 Å². The number of fused-ring (bicyclic) bond motifs is 1. The van der Waals surface area contributed by atoms with Gasteiger partial charge in [0.2, 0.25) is 5.25 Å². The first kappa shape index (κ1) is 21.1. The lowest BCUT2D eigenvalue weighted by atomic mass is 10.0. The molecule has 3 N–H and O–H groups in total. The maximum Gasteiger partial charge on any atom is 0.352 e. The molecular formula is C14H14N6O6S3. The van der Waals surface area contributed by atoms with Gasteiger partial charge in [0, 0.05) is 17.8 Å². The quantitative estimate of drug-likeness (QED) is 0.321. The summed E-state index contributed by atoms with van der Waals surface area (Å²) in [6.45, 7) is 0. The predicted molar refractivity (Wildman–Crippen MR) is 101 cm³/mol. The van der Waals surface area contributed by atoms with Crippen molar-refractivity contribution in [2.45, 2.75) is 21.7 Å². The Morgan fingerprint density at radius 1 is 1.59 bits per heavy atom. The number of amides is 2. The zero-order chi connectivity index (χ0) is 21.3. The van der Waals surface area contributed by atoms with Crippen LogP contribution >= 0.6 is 23.5 Å². The van der Waals surface area contributed by atoms with Crippen LogP contribution in [0.3, 0.4) is 0 Å². The van der Waals surface area contributed by atoms with Gasteiger partial charge >= 0.3 is 5.97 Å². The number of aliphatic carboxylic acids is 1. The number of sulfone groups is 1. The lowest BCUT2D eigenvalue weighted by Crippen LogP contribution is -2.71. The Hall–Kier alpha value is -2.57. The lowest BCUT2D eigenvalue weighted by Gasteiger charge is -2.49. The second-order valence-corrected chi connectivity index (χ2v) is 10.3. The minimum Gasteiger partial charge on any atom is -0.477 e. The standard InChI is InChI=1S/C14H14N6O6S3/c1-29(25,26)7(2-15)11(21)17-9-12(22)20-10(14(23)24)6(5-28-13(9)20)4-27-8-3-16-19-18-8/h3,7,9,13H,4-5H2,1H3,(H,17,21)(H,23,24)(H,16,18,19)/t7?,9?,13-/m0/s1. The fraction of sp³-hybridized carbons (Fsp3) is 0.429. The van der Waals surface area contributed by atoms with Gasteiger partial charge in [-0.3, -0.25) is 14.5 Å². The van der Waals surface area contributed by atoms with Crippen LogP contribution in [-0.2, 0) is 24.2 Å². The van der Waals surface area contributed by atoms with Crippen LogP contribution in [0.15, 0.2) is 22.5 Å². The number of H-pyrrole nitrogens is 1. The molecule has 1 aromatic rings. The normalized spacial score (nSPS) is 22.3. The van der Waals surface area contributed by atoms with Crippen LogP contribution in [0, 0.1) is 11.3 Å². The molecule has 1 aromatic heterocycles. The molecule has 1 saturated heterocycles. The fourth-order valence-corrected chi connectivity index (χ4v) is 5.71. The summed E-state index contributed by atoms with van der Waals surface area (Å²) < 4.78 is 23.1. The topological polar surface area (TPSA) is 186 Å². The van der Waals surface area contributed by atoms with Crippen molar-refractivity contribution < 1.29 is 27.9 Å². The number of carboxylic acids is 1. The summed E-state index contributed by atoms with van der Waals surface area (Å²) in [6, 6.07) is 0.288. The summed E-state index contributed by atoms with van der Waals surface area (Å²) in [5.41, 5.74) is 0.344. The second kappa shape index (κ2) is 8.05. The molecule has 3 rings (SSSR count). The minimum absolute atomic E-state index is 0.166. The molecule has 0 spiro atoms. The highest BCUT2D eigenvalue weighted by atomic mass is 32.2. The minimum atomic E-state index is -3.98. The number of rotatable bonds is 7. The van der Waals surface area contributed by atoms with E-state index in [0.29, 0.717) is 16.4 Å². The van der Waals surface area contributed by atoms with Crippen molar-refractivity contribution in [3.63, 3.8) is 0 Å². The van der Waals surface area contributed by atoms with E-state index in [1.54, 1.807) is 0 Å². The first-order valence-electron chi connectivity index (χ1n) is 7.92. The Bertz CT molecular complexity index is 1030. The number of thioether (sulfide) groups is 2. The number of carboxylic acid groups (broad SMARTS) is 1. The molecule has 3 heterocycles. The van der Waals surface area contributed by atoms with Gasteiger partial charge in [-0.05, 0) is 5.57 Å². The zero-order valence-electron chi connectivity index (χ0n) is 14.7. The molecule has 2 unspecified atom stereocenters. The van der Waals surface area contributed by atoms with E-state index in [1.165, 1.54) is 35.8 Å². The Kier molecular flexibility index (Phi) is 5.87.